The summed E-state index contributed by atoms with van der Waals surface area (Å²) in [5.41, 5.74) is 3.50. The minimum atomic E-state index is -1.49. The molecule has 0 bridgehead atoms. The van der Waals surface area contributed by atoms with Crippen LogP contribution in [0, 0.1) is 5.92 Å². The third-order valence-electron chi connectivity index (χ3n) is 6.64. The van der Waals surface area contributed by atoms with Crippen LogP contribution in [-0.4, -0.2) is 34.3 Å². The lowest BCUT2D eigenvalue weighted by Gasteiger charge is -2.30. The van der Waals surface area contributed by atoms with Gasteiger partial charge in [0, 0.05) is 24.6 Å². The zero-order chi connectivity index (χ0) is 25.5. The number of carbonyl (C=O) groups excluding carboxylic acids is 1. The molecule has 0 spiro atoms. The van der Waals surface area contributed by atoms with E-state index in [1.54, 1.807) is 13.2 Å². The minimum absolute atomic E-state index is 0.0531. The van der Waals surface area contributed by atoms with Crippen LogP contribution in [0.3, 0.4) is 0 Å². The maximum Gasteiger partial charge on any atom is 0.511 e. The lowest BCUT2D eigenvalue weighted by Crippen LogP contribution is -2.36. The van der Waals surface area contributed by atoms with Gasteiger partial charge in [0.2, 0.25) is 5.91 Å². The number of phenols is 1. The number of phenolic OH excluding ortho intramolecular Hbond substituents is 1. The van der Waals surface area contributed by atoms with E-state index in [0.717, 1.165) is 48.1 Å². The van der Waals surface area contributed by atoms with Gasteiger partial charge in [-0.3, -0.25) is 4.79 Å². The van der Waals surface area contributed by atoms with Crippen molar-refractivity contribution in [3.05, 3.63) is 77.9 Å². The Morgan fingerprint density at radius 1 is 0.889 bits per heavy atom. The second-order valence-electron chi connectivity index (χ2n) is 9.09. The van der Waals surface area contributed by atoms with E-state index in [1.807, 2.05) is 53.4 Å². The van der Waals surface area contributed by atoms with E-state index in [-0.39, 0.29) is 23.3 Å². The molecule has 0 radical (unpaired) electrons. The first-order valence-corrected chi connectivity index (χ1v) is 12.2. The summed E-state index contributed by atoms with van der Waals surface area (Å²) in [5.74, 6) is 0.633. The van der Waals surface area contributed by atoms with Crippen LogP contribution in [0.25, 0.3) is 11.1 Å². The van der Waals surface area contributed by atoms with Gasteiger partial charge in [0.25, 0.3) is 0 Å². The number of nitrogens with zero attached hydrogens (tertiary/aromatic N) is 1. The molecular weight excluding hydrogens is 458 g/mol. The van der Waals surface area contributed by atoms with Crippen molar-refractivity contribution in [3.63, 3.8) is 0 Å². The van der Waals surface area contributed by atoms with Gasteiger partial charge in [-0.15, -0.1) is 0 Å². The predicted octanol–water partition coefficient (Wildman–Crippen LogP) is 6.23. The number of rotatable bonds is 8. The zero-order valence-electron chi connectivity index (χ0n) is 20.4. The summed E-state index contributed by atoms with van der Waals surface area (Å²) in [7, 11) is 1.64. The molecule has 1 aliphatic rings. The third kappa shape index (κ3) is 6.16. The number of carboxylic acid groups (broad SMARTS) is 1. The summed E-state index contributed by atoms with van der Waals surface area (Å²) in [6.07, 6.45) is 3.75. The Labute approximate surface area is 210 Å². The molecule has 1 fully saturated rings. The molecular formula is C29H31NO6. The van der Waals surface area contributed by atoms with E-state index < -0.39 is 6.16 Å². The molecule has 0 heterocycles. The molecule has 36 heavy (non-hydrogen) atoms. The number of methoxy groups -OCH3 is 1. The average Bonchev–Trinajstić information content (AvgIpc) is 2.90. The maximum atomic E-state index is 13.6. The number of para-hydroxylation sites is 1. The van der Waals surface area contributed by atoms with E-state index in [2.05, 4.69) is 4.74 Å². The lowest BCUT2D eigenvalue weighted by molar-refractivity contribution is -0.137. The molecule has 3 aromatic carbocycles. The highest BCUT2D eigenvalue weighted by atomic mass is 16.7. The van der Waals surface area contributed by atoms with Crippen LogP contribution < -0.4 is 9.47 Å². The van der Waals surface area contributed by atoms with Crippen LogP contribution >= 0.6 is 0 Å². The Bertz CT molecular complexity index is 1200. The van der Waals surface area contributed by atoms with Crippen molar-refractivity contribution in [3.8, 4) is 28.4 Å². The van der Waals surface area contributed by atoms with Crippen LogP contribution in [0.1, 0.15) is 43.2 Å². The van der Waals surface area contributed by atoms with Gasteiger partial charge in [0.15, 0.2) is 11.5 Å². The Balaban J connectivity index is 1.55. The van der Waals surface area contributed by atoms with Crippen molar-refractivity contribution >= 4 is 12.1 Å². The van der Waals surface area contributed by atoms with E-state index in [4.69, 9.17) is 9.84 Å². The first-order chi connectivity index (χ1) is 17.4. The number of ether oxygens (including phenoxy) is 2. The Morgan fingerprint density at radius 2 is 1.58 bits per heavy atom. The fraction of sp³-hybridized carbons (Fsp3) is 0.310. The van der Waals surface area contributed by atoms with Gasteiger partial charge in [-0.05, 0) is 47.7 Å². The number of hydrogen-bond acceptors (Lipinski definition) is 5. The van der Waals surface area contributed by atoms with Crippen LogP contribution in [0.4, 0.5) is 4.79 Å². The highest BCUT2D eigenvalue weighted by Gasteiger charge is 2.27. The fourth-order valence-electron chi connectivity index (χ4n) is 4.75. The first kappa shape index (κ1) is 25.1. The van der Waals surface area contributed by atoms with Gasteiger partial charge in [0.05, 0.1) is 7.11 Å². The van der Waals surface area contributed by atoms with E-state index >= 15 is 0 Å². The molecule has 1 saturated carbocycles. The highest BCUT2D eigenvalue weighted by Crippen LogP contribution is 2.33. The van der Waals surface area contributed by atoms with Crippen LogP contribution in [0.2, 0.25) is 0 Å². The van der Waals surface area contributed by atoms with Crippen molar-refractivity contribution in [2.24, 2.45) is 5.92 Å². The summed E-state index contributed by atoms with van der Waals surface area (Å²) in [6, 6.07) is 20.1. The van der Waals surface area contributed by atoms with Gasteiger partial charge in [0.1, 0.15) is 5.75 Å². The van der Waals surface area contributed by atoms with Gasteiger partial charge < -0.3 is 24.6 Å². The molecule has 4 rings (SSSR count). The molecule has 188 valence electrons. The number of amides is 1. The third-order valence-corrected chi connectivity index (χ3v) is 6.64. The molecule has 0 saturated heterocycles. The van der Waals surface area contributed by atoms with Crippen molar-refractivity contribution in [1.82, 2.24) is 4.90 Å². The summed E-state index contributed by atoms with van der Waals surface area (Å²) in [4.78, 5) is 26.4. The quantitative estimate of drug-likeness (QED) is 0.287. The topological polar surface area (TPSA) is 96.3 Å². The molecule has 7 heteroatoms. The van der Waals surface area contributed by atoms with Crippen LogP contribution in [-0.2, 0) is 17.9 Å². The zero-order valence-corrected chi connectivity index (χ0v) is 20.4. The van der Waals surface area contributed by atoms with Crippen LogP contribution in [0.15, 0.2) is 66.7 Å². The minimum Gasteiger partial charge on any atom is -0.504 e. The van der Waals surface area contributed by atoms with Crippen molar-refractivity contribution in [2.45, 2.75) is 45.2 Å². The molecule has 0 aromatic heterocycles. The number of hydrogen-bond donors (Lipinski definition) is 2. The summed E-state index contributed by atoms with van der Waals surface area (Å²) in [6.45, 7) is 0.936. The van der Waals surface area contributed by atoms with E-state index in [0.29, 0.717) is 18.7 Å². The largest absolute Gasteiger partial charge is 0.511 e. The normalized spacial score (nSPS) is 13.7. The Hall–Kier alpha value is -4.00. The summed E-state index contributed by atoms with van der Waals surface area (Å²) in [5, 5.41) is 18.7. The number of benzene rings is 3. The monoisotopic (exact) mass is 489 g/mol. The SMILES string of the molecule is COc1ccccc1CN(Cc1ccc(-c2ccc(O)c(OC(=O)O)c2)cc1)C(=O)C1CCCCC1. The van der Waals surface area contributed by atoms with Crippen molar-refractivity contribution in [1.29, 1.82) is 0 Å². The lowest BCUT2D eigenvalue weighted by atomic mass is 9.88. The summed E-state index contributed by atoms with van der Waals surface area (Å²) >= 11 is 0. The van der Waals surface area contributed by atoms with Gasteiger partial charge in [-0.2, -0.15) is 0 Å². The average molecular weight is 490 g/mol. The highest BCUT2D eigenvalue weighted by molar-refractivity contribution is 5.79. The molecule has 2 N–H and O–H groups in total. The number of aromatic hydroxyl groups is 1. The van der Waals surface area contributed by atoms with Gasteiger partial charge in [-0.1, -0.05) is 67.8 Å². The Kier molecular flexibility index (Phi) is 8.10. The molecule has 0 atom stereocenters. The van der Waals surface area contributed by atoms with E-state index in [1.165, 1.54) is 18.6 Å². The fourth-order valence-corrected chi connectivity index (χ4v) is 4.75. The first-order valence-electron chi connectivity index (χ1n) is 12.2. The standard InChI is InChI=1S/C29H31NO6/c1-35-26-10-6-5-9-24(26)19-30(28(32)22-7-3-2-4-8-22)18-20-11-13-21(14-12-20)23-15-16-25(31)27(17-23)36-29(33)34/h5-6,9-17,22,31H,2-4,7-8,18-19H2,1H3,(H,33,34). The van der Waals surface area contributed by atoms with Crippen molar-refractivity contribution in [2.75, 3.05) is 7.11 Å². The predicted molar refractivity (Wildman–Crippen MR) is 136 cm³/mol. The van der Waals surface area contributed by atoms with Gasteiger partial charge >= 0.3 is 6.16 Å². The second-order valence-corrected chi connectivity index (χ2v) is 9.09. The number of carbonyl (C=O) groups is 2. The molecule has 7 nitrogen and oxygen atoms in total. The van der Waals surface area contributed by atoms with E-state index in [9.17, 15) is 14.7 Å². The molecule has 0 unspecified atom stereocenters. The van der Waals surface area contributed by atoms with Gasteiger partial charge in [-0.25, -0.2) is 4.79 Å². The summed E-state index contributed by atoms with van der Waals surface area (Å²) < 4.78 is 10.2. The molecule has 3 aromatic rings. The van der Waals surface area contributed by atoms with Crippen LogP contribution in [0.5, 0.6) is 17.2 Å². The second kappa shape index (κ2) is 11.6. The van der Waals surface area contributed by atoms with Crippen molar-refractivity contribution < 1.29 is 29.3 Å². The molecule has 1 aliphatic carbocycles. The molecule has 0 aliphatic heterocycles. The Morgan fingerprint density at radius 3 is 2.28 bits per heavy atom. The smallest absolute Gasteiger partial charge is 0.504 e. The maximum absolute atomic E-state index is 13.6. The molecule has 1 amide bonds.